The Kier molecular flexibility index (Phi) is 3.89. The van der Waals surface area contributed by atoms with Gasteiger partial charge in [0.1, 0.15) is 5.75 Å². The van der Waals surface area contributed by atoms with Crippen LogP contribution >= 0.6 is 0 Å². The summed E-state index contributed by atoms with van der Waals surface area (Å²) in [5, 5.41) is 0. The maximum absolute atomic E-state index is 12.4. The third kappa shape index (κ3) is 2.44. The van der Waals surface area contributed by atoms with Crippen LogP contribution in [0.4, 0.5) is 0 Å². The van der Waals surface area contributed by atoms with Gasteiger partial charge in [-0.25, -0.2) is 0 Å². The number of hydrogen-bond acceptors (Lipinski definition) is 3. The van der Waals surface area contributed by atoms with Crippen LogP contribution in [0.1, 0.15) is 58.4 Å². The maximum Gasteiger partial charge on any atom is 0.165 e. The number of methoxy groups -OCH3 is 1. The average Bonchev–Trinajstić information content (AvgIpc) is 2.96. The van der Waals surface area contributed by atoms with Gasteiger partial charge in [0.2, 0.25) is 0 Å². The molecule has 124 valence electrons. The molecule has 2 aliphatic rings. The van der Waals surface area contributed by atoms with E-state index in [4.69, 9.17) is 4.74 Å². The Morgan fingerprint density at radius 1 is 1.08 bits per heavy atom. The summed E-state index contributed by atoms with van der Waals surface area (Å²) in [4.78, 5) is 14.8. The van der Waals surface area contributed by atoms with Crippen LogP contribution in [0.5, 0.6) is 5.75 Å². The Morgan fingerprint density at radius 3 is 2.75 bits per heavy atom. The lowest BCUT2D eigenvalue weighted by Crippen LogP contribution is -2.30. The molecular formula is C21H23NO2. The molecule has 0 amide bonds. The Hall–Kier alpha value is -2.13. The summed E-state index contributed by atoms with van der Waals surface area (Å²) < 4.78 is 5.37. The minimum atomic E-state index is 0.138. The third-order valence-electron chi connectivity index (χ3n) is 5.62. The highest BCUT2D eigenvalue weighted by molar-refractivity contribution is 6.01. The van der Waals surface area contributed by atoms with Crippen LogP contribution in [0.25, 0.3) is 0 Å². The summed E-state index contributed by atoms with van der Waals surface area (Å²) in [6, 6.07) is 15.1. The monoisotopic (exact) mass is 321 g/mol. The second kappa shape index (κ2) is 6.06. The lowest BCUT2D eigenvalue weighted by molar-refractivity contribution is 0.0933. The normalized spacial score (nSPS) is 22.4. The summed E-state index contributed by atoms with van der Waals surface area (Å²) in [6.45, 7) is 0. The number of hydrogen-bond donors (Lipinski definition) is 0. The second-order valence-corrected chi connectivity index (χ2v) is 6.87. The molecule has 0 aromatic heterocycles. The molecule has 24 heavy (non-hydrogen) atoms. The summed E-state index contributed by atoms with van der Waals surface area (Å²) in [7, 11) is 3.84. The first kappa shape index (κ1) is 15.4. The molecule has 0 fully saturated rings. The second-order valence-electron chi connectivity index (χ2n) is 6.87. The number of ether oxygens (including phenoxy) is 1. The van der Waals surface area contributed by atoms with E-state index >= 15 is 0 Å². The Balaban J connectivity index is 1.70. The molecule has 2 aliphatic carbocycles. The molecular weight excluding hydrogens is 298 g/mol. The van der Waals surface area contributed by atoms with Gasteiger partial charge in [0.25, 0.3) is 0 Å². The number of Topliss-reactive ketones (excluding diaryl/α,β-unsaturated/α-hetero) is 1. The topological polar surface area (TPSA) is 29.5 Å². The van der Waals surface area contributed by atoms with Crippen molar-refractivity contribution in [3.8, 4) is 5.75 Å². The first-order valence-electron chi connectivity index (χ1n) is 8.70. The zero-order chi connectivity index (χ0) is 16.7. The highest BCUT2D eigenvalue weighted by atomic mass is 16.5. The number of carbonyl (C=O) groups excluding carboxylic acids is 1. The van der Waals surface area contributed by atoms with Gasteiger partial charge in [-0.15, -0.1) is 0 Å². The fourth-order valence-electron chi connectivity index (χ4n) is 4.32. The number of rotatable bonds is 3. The largest absolute Gasteiger partial charge is 0.497 e. The SMILES string of the molecule is COc1ccc2c(c1)C(N(C)C1CCCc3ccccc31)CC2=O. The minimum absolute atomic E-state index is 0.138. The molecule has 2 atom stereocenters. The van der Waals surface area contributed by atoms with E-state index in [1.54, 1.807) is 7.11 Å². The van der Waals surface area contributed by atoms with E-state index in [9.17, 15) is 4.79 Å². The summed E-state index contributed by atoms with van der Waals surface area (Å²) in [5.41, 5.74) is 4.85. The lowest BCUT2D eigenvalue weighted by atomic mass is 9.86. The summed E-state index contributed by atoms with van der Waals surface area (Å²) in [6.07, 6.45) is 4.08. The van der Waals surface area contributed by atoms with Gasteiger partial charge in [-0.2, -0.15) is 0 Å². The smallest absolute Gasteiger partial charge is 0.165 e. The van der Waals surface area contributed by atoms with Crippen molar-refractivity contribution >= 4 is 5.78 Å². The van der Waals surface area contributed by atoms with Crippen LogP contribution in [-0.4, -0.2) is 24.8 Å². The fraction of sp³-hybridized carbons (Fsp3) is 0.381. The number of fused-ring (bicyclic) bond motifs is 2. The Labute approximate surface area is 143 Å². The van der Waals surface area contributed by atoms with Crippen LogP contribution in [-0.2, 0) is 6.42 Å². The van der Waals surface area contributed by atoms with Crippen molar-refractivity contribution in [1.82, 2.24) is 4.90 Å². The van der Waals surface area contributed by atoms with Crippen molar-refractivity contribution in [2.24, 2.45) is 0 Å². The van der Waals surface area contributed by atoms with Crippen LogP contribution in [0.2, 0.25) is 0 Å². The number of nitrogens with zero attached hydrogens (tertiary/aromatic N) is 1. The van der Waals surface area contributed by atoms with E-state index in [0.29, 0.717) is 12.5 Å². The molecule has 0 N–H and O–H groups in total. The molecule has 2 unspecified atom stereocenters. The van der Waals surface area contributed by atoms with E-state index in [2.05, 4.69) is 36.2 Å². The molecule has 3 nitrogen and oxygen atoms in total. The van der Waals surface area contributed by atoms with E-state index in [1.807, 2.05) is 18.2 Å². The number of carbonyl (C=O) groups is 1. The molecule has 3 heteroatoms. The lowest BCUT2D eigenvalue weighted by Gasteiger charge is -2.37. The molecule has 2 aromatic carbocycles. The molecule has 4 rings (SSSR count). The van der Waals surface area contributed by atoms with E-state index in [1.165, 1.54) is 17.5 Å². The third-order valence-corrected chi connectivity index (χ3v) is 5.62. The molecule has 0 saturated heterocycles. The number of aryl methyl sites for hydroxylation is 1. The maximum atomic E-state index is 12.4. The predicted octanol–water partition coefficient (Wildman–Crippen LogP) is 4.33. The van der Waals surface area contributed by atoms with Crippen molar-refractivity contribution in [1.29, 1.82) is 0 Å². The van der Waals surface area contributed by atoms with Gasteiger partial charge in [-0.05, 0) is 61.2 Å². The molecule has 0 aliphatic heterocycles. The van der Waals surface area contributed by atoms with Crippen LogP contribution in [0, 0.1) is 0 Å². The average molecular weight is 321 g/mol. The highest BCUT2D eigenvalue weighted by Gasteiger charge is 2.36. The molecule has 0 spiro atoms. The van der Waals surface area contributed by atoms with Crippen molar-refractivity contribution < 1.29 is 9.53 Å². The van der Waals surface area contributed by atoms with Crippen molar-refractivity contribution in [2.45, 2.75) is 37.8 Å². The summed E-state index contributed by atoms with van der Waals surface area (Å²) in [5.74, 6) is 1.07. The van der Waals surface area contributed by atoms with Gasteiger partial charge in [0.15, 0.2) is 5.78 Å². The van der Waals surface area contributed by atoms with Crippen LogP contribution < -0.4 is 4.74 Å². The number of benzene rings is 2. The van der Waals surface area contributed by atoms with Gasteiger partial charge >= 0.3 is 0 Å². The van der Waals surface area contributed by atoms with Crippen molar-refractivity contribution in [3.05, 3.63) is 64.7 Å². The predicted molar refractivity (Wildman–Crippen MR) is 94.6 cm³/mol. The Bertz CT molecular complexity index is 783. The fourth-order valence-corrected chi connectivity index (χ4v) is 4.32. The van der Waals surface area contributed by atoms with Gasteiger partial charge in [-0.1, -0.05) is 24.3 Å². The van der Waals surface area contributed by atoms with Crippen molar-refractivity contribution in [2.75, 3.05) is 14.2 Å². The molecule has 0 radical (unpaired) electrons. The van der Waals surface area contributed by atoms with Crippen LogP contribution in [0.15, 0.2) is 42.5 Å². The number of ketones is 1. The molecule has 0 bridgehead atoms. The summed E-state index contributed by atoms with van der Waals surface area (Å²) >= 11 is 0. The van der Waals surface area contributed by atoms with Gasteiger partial charge in [-0.3, -0.25) is 9.69 Å². The van der Waals surface area contributed by atoms with Crippen molar-refractivity contribution in [3.63, 3.8) is 0 Å². The standard InChI is InChI=1S/C21H23NO2/c1-22(19-9-5-7-14-6-3-4-8-16(14)19)20-13-21(23)17-11-10-15(24-2)12-18(17)20/h3-4,6,8,10-12,19-20H,5,7,9,13H2,1-2H3. The molecule has 2 aromatic rings. The van der Waals surface area contributed by atoms with Crippen LogP contribution in [0.3, 0.4) is 0 Å². The van der Waals surface area contributed by atoms with Gasteiger partial charge in [0, 0.05) is 24.1 Å². The van der Waals surface area contributed by atoms with E-state index < -0.39 is 0 Å². The zero-order valence-corrected chi connectivity index (χ0v) is 14.3. The minimum Gasteiger partial charge on any atom is -0.497 e. The first-order valence-corrected chi connectivity index (χ1v) is 8.70. The van der Waals surface area contributed by atoms with E-state index in [0.717, 1.165) is 29.7 Å². The first-order chi connectivity index (χ1) is 11.7. The zero-order valence-electron chi connectivity index (χ0n) is 14.3. The highest BCUT2D eigenvalue weighted by Crippen LogP contribution is 2.43. The van der Waals surface area contributed by atoms with Gasteiger partial charge in [0.05, 0.1) is 7.11 Å². The molecule has 0 heterocycles. The van der Waals surface area contributed by atoms with Gasteiger partial charge < -0.3 is 4.74 Å². The Morgan fingerprint density at radius 2 is 1.92 bits per heavy atom. The quantitative estimate of drug-likeness (QED) is 0.842. The molecule has 0 saturated carbocycles. The van der Waals surface area contributed by atoms with E-state index in [-0.39, 0.29) is 11.8 Å².